The van der Waals surface area contributed by atoms with E-state index in [2.05, 4.69) is 10.0 Å². The van der Waals surface area contributed by atoms with Gasteiger partial charge in [0, 0.05) is 0 Å². The van der Waals surface area contributed by atoms with Crippen molar-refractivity contribution in [2.75, 3.05) is 5.32 Å². The van der Waals surface area contributed by atoms with Crippen molar-refractivity contribution in [1.82, 2.24) is 4.72 Å². The zero-order valence-electron chi connectivity index (χ0n) is 13.0. The molecule has 0 aliphatic carbocycles. The predicted octanol–water partition coefficient (Wildman–Crippen LogP) is 1.70. The van der Waals surface area contributed by atoms with E-state index < -0.39 is 31.1 Å². The number of nitrogens with two attached hydrogens (primary N) is 1. The molecule has 0 amide bonds. The van der Waals surface area contributed by atoms with E-state index in [-0.39, 0.29) is 27.4 Å². The number of hydrogen-bond donors (Lipinski definition) is 3. The fourth-order valence-corrected chi connectivity index (χ4v) is 5.04. The van der Waals surface area contributed by atoms with Gasteiger partial charge >= 0.3 is 0 Å². The van der Waals surface area contributed by atoms with Crippen molar-refractivity contribution in [2.45, 2.75) is 43.1 Å². The number of sulfonamides is 2. The Bertz CT molecular complexity index is 824. The van der Waals surface area contributed by atoms with Gasteiger partial charge in [0.05, 0.1) is 16.9 Å². The Labute approximate surface area is 141 Å². The van der Waals surface area contributed by atoms with Crippen molar-refractivity contribution in [2.24, 2.45) is 17.0 Å². The first kappa shape index (κ1) is 18.5. The normalized spacial score (nSPS) is 22.7. The van der Waals surface area contributed by atoms with Gasteiger partial charge in [0.1, 0.15) is 9.79 Å². The number of primary sulfonamides is 1. The zero-order chi connectivity index (χ0) is 17.6. The Kier molecular flexibility index (Phi) is 4.99. The van der Waals surface area contributed by atoms with E-state index in [1.54, 1.807) is 0 Å². The zero-order valence-corrected chi connectivity index (χ0v) is 15.4. The second-order valence-electron chi connectivity index (χ2n) is 5.81. The minimum atomic E-state index is -4.12. The number of halogens is 1. The molecule has 130 valence electrons. The Morgan fingerprint density at radius 3 is 2.48 bits per heavy atom. The molecule has 23 heavy (non-hydrogen) atoms. The molecule has 0 fully saturated rings. The van der Waals surface area contributed by atoms with E-state index in [1.807, 2.05) is 20.8 Å². The van der Waals surface area contributed by atoms with E-state index in [0.717, 1.165) is 12.5 Å². The van der Waals surface area contributed by atoms with Crippen molar-refractivity contribution >= 4 is 37.3 Å². The summed E-state index contributed by atoms with van der Waals surface area (Å²) in [7, 11) is -7.99. The molecule has 1 aromatic carbocycles. The summed E-state index contributed by atoms with van der Waals surface area (Å²) in [6.45, 7) is 6.01. The van der Waals surface area contributed by atoms with E-state index in [9.17, 15) is 16.8 Å². The van der Waals surface area contributed by atoms with Gasteiger partial charge < -0.3 is 5.32 Å². The summed E-state index contributed by atoms with van der Waals surface area (Å²) >= 11 is 5.94. The van der Waals surface area contributed by atoms with Crippen LogP contribution >= 0.6 is 11.6 Å². The highest BCUT2D eigenvalue weighted by Gasteiger charge is 2.35. The quantitative estimate of drug-likeness (QED) is 0.733. The van der Waals surface area contributed by atoms with Crippen molar-refractivity contribution in [3.63, 3.8) is 0 Å². The van der Waals surface area contributed by atoms with Crippen molar-refractivity contribution in [1.29, 1.82) is 0 Å². The Balaban J connectivity index is 2.53. The molecule has 0 aromatic heterocycles. The maximum atomic E-state index is 12.5. The van der Waals surface area contributed by atoms with Gasteiger partial charge in [-0.05, 0) is 24.0 Å². The second kappa shape index (κ2) is 6.21. The summed E-state index contributed by atoms with van der Waals surface area (Å²) in [6.07, 6.45) is 0.401. The Morgan fingerprint density at radius 1 is 1.35 bits per heavy atom. The molecule has 3 unspecified atom stereocenters. The summed E-state index contributed by atoms with van der Waals surface area (Å²) in [6, 6.07) is 2.26. The van der Waals surface area contributed by atoms with Crippen LogP contribution in [-0.4, -0.2) is 23.0 Å². The Hall–Kier alpha value is -0.870. The van der Waals surface area contributed by atoms with Crippen LogP contribution in [0.25, 0.3) is 0 Å². The first-order chi connectivity index (χ1) is 10.5. The summed E-state index contributed by atoms with van der Waals surface area (Å²) in [5.74, 6) is 0.315. The van der Waals surface area contributed by atoms with Crippen LogP contribution in [0.2, 0.25) is 5.02 Å². The van der Waals surface area contributed by atoms with Gasteiger partial charge in [-0.25, -0.2) is 22.0 Å². The lowest BCUT2D eigenvalue weighted by Crippen LogP contribution is -2.49. The number of nitrogens with one attached hydrogen (secondary N) is 2. The maximum absolute atomic E-state index is 12.5. The van der Waals surface area contributed by atoms with Gasteiger partial charge in [0.25, 0.3) is 0 Å². The number of benzene rings is 1. The third kappa shape index (κ3) is 3.63. The van der Waals surface area contributed by atoms with Crippen molar-refractivity contribution < 1.29 is 16.8 Å². The molecule has 1 aliphatic rings. The van der Waals surface area contributed by atoms with E-state index in [4.69, 9.17) is 16.7 Å². The average molecular weight is 382 g/mol. The van der Waals surface area contributed by atoms with Crippen molar-refractivity contribution in [3.8, 4) is 0 Å². The molecule has 3 atom stereocenters. The third-order valence-electron chi connectivity index (χ3n) is 4.29. The lowest BCUT2D eigenvalue weighted by molar-refractivity contribution is 0.318. The molecule has 1 heterocycles. The highest BCUT2D eigenvalue weighted by molar-refractivity contribution is 7.90. The van der Waals surface area contributed by atoms with Crippen LogP contribution < -0.4 is 15.2 Å². The first-order valence-corrected chi connectivity index (χ1v) is 10.5. The maximum Gasteiger partial charge on any atom is 0.244 e. The molecule has 1 aliphatic heterocycles. The highest BCUT2D eigenvalue weighted by atomic mass is 35.5. The molecule has 10 heteroatoms. The van der Waals surface area contributed by atoms with Crippen LogP contribution in [0.4, 0.5) is 5.69 Å². The fraction of sp³-hybridized carbons (Fsp3) is 0.538. The van der Waals surface area contributed by atoms with Gasteiger partial charge in [-0.3, -0.25) is 0 Å². The topological polar surface area (TPSA) is 118 Å². The van der Waals surface area contributed by atoms with Gasteiger partial charge in [-0.1, -0.05) is 38.8 Å². The largest absolute Gasteiger partial charge is 0.368 e. The van der Waals surface area contributed by atoms with E-state index >= 15 is 0 Å². The first-order valence-electron chi connectivity index (χ1n) is 7.12. The summed E-state index contributed by atoms with van der Waals surface area (Å²) in [4.78, 5) is -0.600. The van der Waals surface area contributed by atoms with Crippen LogP contribution in [-0.2, 0) is 20.0 Å². The highest BCUT2D eigenvalue weighted by Crippen LogP contribution is 2.35. The number of rotatable bonds is 4. The van der Waals surface area contributed by atoms with E-state index in [1.165, 1.54) is 6.07 Å². The molecule has 7 nitrogen and oxygen atoms in total. The van der Waals surface area contributed by atoms with Crippen LogP contribution in [0.5, 0.6) is 0 Å². The van der Waals surface area contributed by atoms with E-state index in [0.29, 0.717) is 0 Å². The minimum Gasteiger partial charge on any atom is -0.368 e. The lowest BCUT2D eigenvalue weighted by atomic mass is 9.91. The SMILES string of the molecule is CCC(C)C(C)C1Nc2cc(Cl)c(S(N)(=O)=O)cc2S(=O)(=O)N1. The van der Waals surface area contributed by atoms with Gasteiger partial charge in [-0.2, -0.15) is 4.72 Å². The summed E-state index contributed by atoms with van der Waals surface area (Å²) < 4.78 is 50.5. The molecule has 0 spiro atoms. The molecule has 4 N–H and O–H groups in total. The molecule has 0 bridgehead atoms. The number of anilines is 1. The molecule has 0 saturated carbocycles. The molecule has 0 radical (unpaired) electrons. The van der Waals surface area contributed by atoms with Gasteiger partial charge in [0.2, 0.25) is 20.0 Å². The predicted molar refractivity (Wildman–Crippen MR) is 89.2 cm³/mol. The average Bonchev–Trinajstić information content (AvgIpc) is 2.42. The number of hydrogen-bond acceptors (Lipinski definition) is 5. The molecular formula is C13H20ClN3O4S2. The number of fused-ring (bicyclic) bond motifs is 1. The molecular weight excluding hydrogens is 362 g/mol. The van der Waals surface area contributed by atoms with Crippen LogP contribution in [0.3, 0.4) is 0 Å². The third-order valence-corrected chi connectivity index (χ3v) is 7.15. The Morgan fingerprint density at radius 2 is 1.96 bits per heavy atom. The van der Waals surface area contributed by atoms with Crippen LogP contribution in [0, 0.1) is 11.8 Å². The summed E-state index contributed by atoms with van der Waals surface area (Å²) in [5.41, 5.74) is 0.265. The second-order valence-corrected chi connectivity index (χ2v) is 9.43. The lowest BCUT2D eigenvalue weighted by Gasteiger charge is -2.34. The molecule has 2 rings (SSSR count). The van der Waals surface area contributed by atoms with Crippen LogP contribution in [0.1, 0.15) is 27.2 Å². The standard InChI is InChI=1S/C13H20ClN3O4S2/c1-4-7(2)8(3)13-16-10-5-9(14)11(22(15,18)19)6-12(10)23(20,21)17-13/h5-8,13,16-17H,4H2,1-3H3,(H2,15,18,19). The van der Waals surface area contributed by atoms with Gasteiger partial charge in [-0.15, -0.1) is 0 Å². The monoisotopic (exact) mass is 381 g/mol. The molecule has 0 saturated heterocycles. The smallest absolute Gasteiger partial charge is 0.244 e. The summed E-state index contributed by atoms with van der Waals surface area (Å²) in [5, 5.41) is 8.02. The minimum absolute atomic E-state index is 0.0274. The fourth-order valence-electron chi connectivity index (χ4n) is 2.45. The van der Waals surface area contributed by atoms with Crippen molar-refractivity contribution in [3.05, 3.63) is 17.2 Å². The molecule has 1 aromatic rings. The van der Waals surface area contributed by atoms with Crippen LogP contribution in [0.15, 0.2) is 21.9 Å². The van der Waals surface area contributed by atoms with Gasteiger partial charge in [0.15, 0.2) is 0 Å².